The lowest BCUT2D eigenvalue weighted by molar-refractivity contribution is -0.142. The number of amides is 1. The molecule has 116 valence electrons. The number of carbonyl (C=O) groups excluding carboxylic acids is 1. The monoisotopic (exact) mass is 283 g/mol. The van der Waals surface area contributed by atoms with Gasteiger partial charge in [0.2, 0.25) is 5.91 Å². The second-order valence-electron chi connectivity index (χ2n) is 6.42. The van der Waals surface area contributed by atoms with Gasteiger partial charge in [0.05, 0.1) is 5.92 Å². The number of rotatable bonds is 9. The Bertz CT molecular complexity index is 361. The summed E-state index contributed by atoms with van der Waals surface area (Å²) in [6.45, 7) is 10.5. The number of allylic oxidation sites excluding steroid dienone is 1. The highest BCUT2D eigenvalue weighted by molar-refractivity contribution is 5.83. The Balaban J connectivity index is 4.66. The molecule has 0 aromatic heterocycles. The number of aliphatic carboxylic acids is 1. The number of carboxylic acids is 1. The summed E-state index contributed by atoms with van der Waals surface area (Å²) in [5.41, 5.74) is 5.83. The van der Waals surface area contributed by atoms with Crippen molar-refractivity contribution in [2.75, 3.05) is 0 Å². The molecule has 4 nitrogen and oxygen atoms in total. The van der Waals surface area contributed by atoms with E-state index in [-0.39, 0.29) is 6.42 Å². The summed E-state index contributed by atoms with van der Waals surface area (Å²) in [6.07, 6.45) is 4.03. The van der Waals surface area contributed by atoms with Crippen LogP contribution >= 0.6 is 0 Å². The molecule has 0 heterocycles. The van der Waals surface area contributed by atoms with Crippen LogP contribution in [0.2, 0.25) is 0 Å². The molecular weight excluding hydrogens is 254 g/mol. The zero-order valence-corrected chi connectivity index (χ0v) is 13.3. The minimum absolute atomic E-state index is 0.133. The van der Waals surface area contributed by atoms with Crippen LogP contribution in [0.15, 0.2) is 11.6 Å². The molecule has 0 aromatic carbocycles. The first-order valence-corrected chi connectivity index (χ1v) is 7.32. The van der Waals surface area contributed by atoms with Crippen molar-refractivity contribution >= 4 is 11.9 Å². The maximum atomic E-state index is 11.2. The van der Waals surface area contributed by atoms with Gasteiger partial charge in [-0.25, -0.2) is 0 Å². The first-order chi connectivity index (χ1) is 9.13. The highest BCUT2D eigenvalue weighted by Crippen LogP contribution is 2.23. The fraction of sp³-hybridized carbons (Fsp3) is 0.750. The molecular formula is C16H29NO3. The molecule has 0 spiro atoms. The predicted octanol–water partition coefficient (Wildman–Crippen LogP) is 3.22. The Kier molecular flexibility index (Phi) is 8.19. The third-order valence-corrected chi connectivity index (χ3v) is 3.45. The highest BCUT2D eigenvalue weighted by atomic mass is 16.4. The summed E-state index contributed by atoms with van der Waals surface area (Å²) >= 11 is 0. The van der Waals surface area contributed by atoms with Gasteiger partial charge in [-0.05, 0) is 37.5 Å². The highest BCUT2D eigenvalue weighted by Gasteiger charge is 2.22. The van der Waals surface area contributed by atoms with Gasteiger partial charge in [-0.15, -0.1) is 0 Å². The van der Waals surface area contributed by atoms with E-state index < -0.39 is 17.8 Å². The molecule has 0 rings (SSSR count). The molecule has 4 heteroatoms. The summed E-state index contributed by atoms with van der Waals surface area (Å²) in [4.78, 5) is 22.1. The van der Waals surface area contributed by atoms with Gasteiger partial charge in [0.15, 0.2) is 0 Å². The molecule has 3 atom stereocenters. The van der Waals surface area contributed by atoms with Gasteiger partial charge in [-0.1, -0.05) is 39.3 Å². The van der Waals surface area contributed by atoms with Gasteiger partial charge in [0, 0.05) is 6.42 Å². The van der Waals surface area contributed by atoms with Crippen LogP contribution in [0.3, 0.4) is 0 Å². The SMILES string of the molecule is C/C(=C\C(C)CC(C)CC(C)C)C(CC(N)=O)C(=O)O. The number of carbonyl (C=O) groups is 2. The van der Waals surface area contributed by atoms with Crippen LogP contribution in [-0.4, -0.2) is 17.0 Å². The standard InChI is InChI=1S/C16H29NO3/c1-10(2)6-11(3)7-12(4)8-13(5)14(16(19)20)9-15(17)18/h8,10-12,14H,6-7,9H2,1-5H3,(H2,17,18)(H,19,20)/b13-8+. The molecule has 0 aliphatic rings. The third-order valence-electron chi connectivity index (χ3n) is 3.45. The van der Waals surface area contributed by atoms with Crippen LogP contribution < -0.4 is 5.73 Å². The first-order valence-electron chi connectivity index (χ1n) is 7.32. The van der Waals surface area contributed by atoms with Gasteiger partial charge < -0.3 is 10.8 Å². The van der Waals surface area contributed by atoms with Gasteiger partial charge >= 0.3 is 5.97 Å². The van der Waals surface area contributed by atoms with Crippen LogP contribution in [0, 0.1) is 23.7 Å². The summed E-state index contributed by atoms with van der Waals surface area (Å²) in [7, 11) is 0. The largest absolute Gasteiger partial charge is 0.481 e. The fourth-order valence-corrected chi connectivity index (χ4v) is 2.81. The Hall–Kier alpha value is -1.32. The predicted molar refractivity (Wildman–Crippen MR) is 81.1 cm³/mol. The molecule has 3 N–H and O–H groups in total. The summed E-state index contributed by atoms with van der Waals surface area (Å²) in [6, 6.07) is 0. The summed E-state index contributed by atoms with van der Waals surface area (Å²) in [5.74, 6) is -0.780. The smallest absolute Gasteiger partial charge is 0.311 e. The number of hydrogen-bond acceptors (Lipinski definition) is 2. The van der Waals surface area contributed by atoms with E-state index in [0.29, 0.717) is 17.8 Å². The van der Waals surface area contributed by atoms with E-state index >= 15 is 0 Å². The second kappa shape index (κ2) is 8.77. The van der Waals surface area contributed by atoms with Crippen molar-refractivity contribution in [2.24, 2.45) is 29.4 Å². The van der Waals surface area contributed by atoms with Crippen LogP contribution in [-0.2, 0) is 9.59 Å². The van der Waals surface area contributed by atoms with Crippen molar-refractivity contribution in [2.45, 2.75) is 53.9 Å². The number of hydrogen-bond donors (Lipinski definition) is 2. The van der Waals surface area contributed by atoms with Crippen molar-refractivity contribution in [1.29, 1.82) is 0 Å². The fourth-order valence-electron chi connectivity index (χ4n) is 2.81. The third kappa shape index (κ3) is 7.97. The average molecular weight is 283 g/mol. The Morgan fingerprint density at radius 2 is 1.70 bits per heavy atom. The quantitative estimate of drug-likeness (QED) is 0.637. The van der Waals surface area contributed by atoms with Crippen molar-refractivity contribution in [3.05, 3.63) is 11.6 Å². The second-order valence-corrected chi connectivity index (χ2v) is 6.42. The van der Waals surface area contributed by atoms with E-state index in [4.69, 9.17) is 10.8 Å². The van der Waals surface area contributed by atoms with Crippen LogP contribution in [0.5, 0.6) is 0 Å². The maximum absolute atomic E-state index is 11.2. The van der Waals surface area contributed by atoms with E-state index in [0.717, 1.165) is 12.0 Å². The molecule has 0 aromatic rings. The van der Waals surface area contributed by atoms with Crippen molar-refractivity contribution < 1.29 is 14.7 Å². The molecule has 0 saturated carbocycles. The van der Waals surface area contributed by atoms with E-state index in [1.165, 1.54) is 6.42 Å². The Morgan fingerprint density at radius 3 is 2.10 bits per heavy atom. The van der Waals surface area contributed by atoms with Crippen LogP contribution in [0.4, 0.5) is 0 Å². The van der Waals surface area contributed by atoms with Gasteiger partial charge in [-0.3, -0.25) is 9.59 Å². The Labute approximate surface area is 122 Å². The molecule has 0 fully saturated rings. The summed E-state index contributed by atoms with van der Waals surface area (Å²) < 4.78 is 0. The zero-order valence-electron chi connectivity index (χ0n) is 13.3. The van der Waals surface area contributed by atoms with E-state index in [9.17, 15) is 9.59 Å². The molecule has 0 saturated heterocycles. The minimum atomic E-state index is -0.986. The molecule has 1 amide bonds. The summed E-state index contributed by atoms with van der Waals surface area (Å²) in [5, 5.41) is 9.16. The topological polar surface area (TPSA) is 80.4 Å². The van der Waals surface area contributed by atoms with Gasteiger partial charge in [0.25, 0.3) is 0 Å². The maximum Gasteiger partial charge on any atom is 0.311 e. The first kappa shape index (κ1) is 18.7. The molecule has 3 unspecified atom stereocenters. The van der Waals surface area contributed by atoms with Crippen molar-refractivity contribution in [1.82, 2.24) is 0 Å². The zero-order chi connectivity index (χ0) is 15.9. The molecule has 0 bridgehead atoms. The molecule has 0 aliphatic carbocycles. The van der Waals surface area contributed by atoms with Crippen LogP contribution in [0.1, 0.15) is 53.9 Å². The average Bonchev–Trinajstić information content (AvgIpc) is 2.22. The normalized spacial score (nSPS) is 16.8. The molecule has 0 radical (unpaired) electrons. The Morgan fingerprint density at radius 1 is 1.15 bits per heavy atom. The number of primary amides is 1. The molecule has 0 aliphatic heterocycles. The van der Waals surface area contributed by atoms with E-state index in [1.54, 1.807) is 6.92 Å². The van der Waals surface area contributed by atoms with E-state index in [1.807, 2.05) is 6.08 Å². The lowest BCUT2D eigenvalue weighted by Crippen LogP contribution is -2.23. The minimum Gasteiger partial charge on any atom is -0.481 e. The van der Waals surface area contributed by atoms with Gasteiger partial charge in [-0.2, -0.15) is 0 Å². The van der Waals surface area contributed by atoms with Crippen molar-refractivity contribution in [3.8, 4) is 0 Å². The van der Waals surface area contributed by atoms with Crippen LogP contribution in [0.25, 0.3) is 0 Å². The van der Waals surface area contributed by atoms with E-state index in [2.05, 4.69) is 27.7 Å². The lowest BCUT2D eigenvalue weighted by Gasteiger charge is -2.18. The molecule has 20 heavy (non-hydrogen) atoms. The van der Waals surface area contributed by atoms with Gasteiger partial charge in [0.1, 0.15) is 0 Å². The number of carboxylic acid groups (broad SMARTS) is 1. The number of nitrogens with two attached hydrogens (primary N) is 1. The van der Waals surface area contributed by atoms with Crippen molar-refractivity contribution in [3.63, 3.8) is 0 Å². The lowest BCUT2D eigenvalue weighted by atomic mass is 9.87.